The average Bonchev–Trinajstić information content (AvgIpc) is 2.95. The third-order valence-corrected chi connectivity index (χ3v) is 4.03. The number of carbonyl (C=O) groups excluding carboxylic acids is 1. The minimum Gasteiger partial charge on any atom is -0.480 e. The highest BCUT2D eigenvalue weighted by molar-refractivity contribution is 7.13. The summed E-state index contributed by atoms with van der Waals surface area (Å²) in [5.74, 6) is -1.16. The number of aromatic nitrogens is 2. The summed E-state index contributed by atoms with van der Waals surface area (Å²) in [4.78, 5) is 31.8. The molecule has 0 aromatic carbocycles. The maximum atomic E-state index is 12.0. The molecule has 0 fully saturated rings. The van der Waals surface area contributed by atoms with Gasteiger partial charge in [-0.15, -0.1) is 11.3 Å². The van der Waals surface area contributed by atoms with Gasteiger partial charge in [0.05, 0.1) is 17.8 Å². The predicted octanol–water partition coefficient (Wildman–Crippen LogP) is 2.36. The lowest BCUT2D eigenvalue weighted by Gasteiger charge is -2.16. The Morgan fingerprint density at radius 3 is 2.74 bits per heavy atom. The van der Waals surface area contributed by atoms with Crippen molar-refractivity contribution in [3.8, 4) is 10.7 Å². The largest absolute Gasteiger partial charge is 0.480 e. The van der Waals surface area contributed by atoms with Gasteiger partial charge in [-0.1, -0.05) is 19.9 Å². The summed E-state index contributed by atoms with van der Waals surface area (Å²) < 4.78 is 0. The fraction of sp³-hybridized carbons (Fsp3) is 0.375. The van der Waals surface area contributed by atoms with Crippen LogP contribution in [0.3, 0.4) is 0 Å². The van der Waals surface area contributed by atoms with Crippen LogP contribution in [0.15, 0.2) is 29.8 Å². The number of carbonyl (C=O) groups is 2. The van der Waals surface area contributed by atoms with Gasteiger partial charge in [0.1, 0.15) is 11.0 Å². The molecular formula is C16H19N3O3S. The number of hydrogen-bond acceptors (Lipinski definition) is 5. The molecule has 0 saturated carbocycles. The van der Waals surface area contributed by atoms with Crippen LogP contribution in [0.2, 0.25) is 0 Å². The monoisotopic (exact) mass is 333 g/mol. The molecule has 0 aliphatic rings. The highest BCUT2D eigenvalue weighted by atomic mass is 32.1. The van der Waals surface area contributed by atoms with E-state index in [1.54, 1.807) is 11.6 Å². The summed E-state index contributed by atoms with van der Waals surface area (Å²) in [6.07, 6.45) is 2.15. The van der Waals surface area contributed by atoms with Gasteiger partial charge >= 0.3 is 5.97 Å². The van der Waals surface area contributed by atoms with Gasteiger partial charge in [0.25, 0.3) is 0 Å². The van der Waals surface area contributed by atoms with Crippen LogP contribution >= 0.6 is 11.3 Å². The average molecular weight is 333 g/mol. The van der Waals surface area contributed by atoms with Crippen LogP contribution in [0.5, 0.6) is 0 Å². The minimum absolute atomic E-state index is 0.0607. The summed E-state index contributed by atoms with van der Waals surface area (Å²) in [6, 6.07) is 4.69. The van der Waals surface area contributed by atoms with Gasteiger partial charge in [0.15, 0.2) is 0 Å². The second-order valence-corrected chi connectivity index (χ2v) is 6.48. The van der Waals surface area contributed by atoms with Crippen LogP contribution < -0.4 is 5.32 Å². The normalized spacial score (nSPS) is 12.1. The quantitative estimate of drug-likeness (QED) is 0.811. The Labute approximate surface area is 138 Å². The predicted molar refractivity (Wildman–Crippen MR) is 88.1 cm³/mol. The summed E-state index contributed by atoms with van der Waals surface area (Å²) in [5.41, 5.74) is 1.37. The lowest BCUT2D eigenvalue weighted by molar-refractivity contribution is -0.142. The Morgan fingerprint density at radius 2 is 2.13 bits per heavy atom. The molecule has 23 heavy (non-hydrogen) atoms. The molecule has 2 N–H and O–H groups in total. The molecule has 2 rings (SSSR count). The van der Waals surface area contributed by atoms with E-state index in [2.05, 4.69) is 15.3 Å². The molecule has 0 unspecified atom stereocenters. The molecule has 1 atom stereocenters. The van der Waals surface area contributed by atoms with E-state index in [1.807, 2.05) is 32.0 Å². The zero-order valence-corrected chi connectivity index (χ0v) is 13.8. The van der Waals surface area contributed by atoms with Crippen molar-refractivity contribution >= 4 is 23.2 Å². The highest BCUT2D eigenvalue weighted by Crippen LogP contribution is 2.21. The van der Waals surface area contributed by atoms with Crippen molar-refractivity contribution < 1.29 is 14.7 Å². The van der Waals surface area contributed by atoms with E-state index in [0.29, 0.717) is 12.1 Å². The van der Waals surface area contributed by atoms with E-state index in [-0.39, 0.29) is 18.2 Å². The molecule has 6 nitrogen and oxygen atoms in total. The molecular weight excluding hydrogens is 314 g/mol. The maximum absolute atomic E-state index is 12.0. The van der Waals surface area contributed by atoms with Gasteiger partial charge in [-0.2, -0.15) is 0 Å². The number of amides is 1. The molecule has 2 heterocycles. The first-order valence-corrected chi connectivity index (χ1v) is 8.21. The summed E-state index contributed by atoms with van der Waals surface area (Å²) in [5, 5.41) is 14.2. The first-order valence-electron chi connectivity index (χ1n) is 7.33. The smallest absolute Gasteiger partial charge is 0.326 e. The van der Waals surface area contributed by atoms with Crippen molar-refractivity contribution in [2.75, 3.05) is 0 Å². The van der Waals surface area contributed by atoms with E-state index in [4.69, 9.17) is 5.11 Å². The highest BCUT2D eigenvalue weighted by Gasteiger charge is 2.21. The van der Waals surface area contributed by atoms with E-state index in [0.717, 1.165) is 10.7 Å². The molecule has 122 valence electrons. The van der Waals surface area contributed by atoms with Crippen molar-refractivity contribution in [2.24, 2.45) is 5.92 Å². The van der Waals surface area contributed by atoms with Crippen molar-refractivity contribution in [3.63, 3.8) is 0 Å². The van der Waals surface area contributed by atoms with Crippen LogP contribution in [0.25, 0.3) is 10.7 Å². The molecule has 0 bridgehead atoms. The van der Waals surface area contributed by atoms with Crippen molar-refractivity contribution in [2.45, 2.75) is 32.7 Å². The number of carboxylic acid groups (broad SMARTS) is 1. The molecule has 7 heteroatoms. The molecule has 1 amide bonds. The maximum Gasteiger partial charge on any atom is 0.326 e. The zero-order chi connectivity index (χ0) is 16.8. The molecule has 0 spiro atoms. The number of aliphatic carboxylic acids is 1. The minimum atomic E-state index is -1.01. The van der Waals surface area contributed by atoms with Gasteiger partial charge in [0.2, 0.25) is 5.91 Å². The molecule has 0 aliphatic carbocycles. The van der Waals surface area contributed by atoms with Crippen molar-refractivity contribution in [3.05, 3.63) is 35.5 Å². The SMILES string of the molecule is CC(C)C[C@H](NC(=O)Cc1csc(-c2ccccn2)n1)C(=O)O. The number of nitrogens with one attached hydrogen (secondary N) is 1. The molecule has 0 aliphatic heterocycles. The third-order valence-electron chi connectivity index (χ3n) is 3.12. The fourth-order valence-corrected chi connectivity index (χ4v) is 2.89. The fourth-order valence-electron chi connectivity index (χ4n) is 2.10. The van der Waals surface area contributed by atoms with Gasteiger partial charge in [0, 0.05) is 11.6 Å². The van der Waals surface area contributed by atoms with Crippen LogP contribution in [0.1, 0.15) is 26.0 Å². The van der Waals surface area contributed by atoms with Crippen LogP contribution in [0, 0.1) is 5.92 Å². The molecule has 2 aromatic heterocycles. The van der Waals surface area contributed by atoms with E-state index in [1.165, 1.54) is 11.3 Å². The third kappa shape index (κ3) is 5.14. The lowest BCUT2D eigenvalue weighted by atomic mass is 10.0. The van der Waals surface area contributed by atoms with Crippen LogP contribution in [0.4, 0.5) is 0 Å². The molecule has 2 aromatic rings. The van der Waals surface area contributed by atoms with E-state index < -0.39 is 12.0 Å². The van der Waals surface area contributed by atoms with Gasteiger partial charge in [-0.25, -0.2) is 9.78 Å². The van der Waals surface area contributed by atoms with E-state index >= 15 is 0 Å². The van der Waals surface area contributed by atoms with Crippen LogP contribution in [-0.4, -0.2) is 33.0 Å². The van der Waals surface area contributed by atoms with Gasteiger partial charge in [-0.05, 0) is 24.5 Å². The second-order valence-electron chi connectivity index (χ2n) is 5.62. The summed E-state index contributed by atoms with van der Waals surface area (Å²) >= 11 is 1.41. The van der Waals surface area contributed by atoms with Crippen molar-refractivity contribution in [1.29, 1.82) is 0 Å². The standard InChI is InChI=1S/C16H19N3O3S/c1-10(2)7-13(16(21)22)19-14(20)8-11-9-23-15(18-11)12-5-3-4-6-17-12/h3-6,9-10,13H,7-8H2,1-2H3,(H,19,20)(H,21,22)/t13-/m0/s1. The number of nitrogens with zero attached hydrogens (tertiary/aromatic N) is 2. The Bertz CT molecular complexity index is 670. The van der Waals surface area contributed by atoms with Gasteiger partial charge in [-0.3, -0.25) is 9.78 Å². The first-order chi connectivity index (χ1) is 11.0. The summed E-state index contributed by atoms with van der Waals surface area (Å²) in [6.45, 7) is 3.84. The number of hydrogen-bond donors (Lipinski definition) is 2. The van der Waals surface area contributed by atoms with E-state index in [9.17, 15) is 9.59 Å². The van der Waals surface area contributed by atoms with Crippen LogP contribution in [-0.2, 0) is 16.0 Å². The second kappa shape index (κ2) is 7.82. The number of carboxylic acids is 1. The Morgan fingerprint density at radius 1 is 1.35 bits per heavy atom. The molecule has 0 saturated heterocycles. The lowest BCUT2D eigenvalue weighted by Crippen LogP contribution is -2.42. The number of pyridine rings is 1. The number of rotatable bonds is 7. The summed E-state index contributed by atoms with van der Waals surface area (Å²) in [7, 11) is 0. The van der Waals surface area contributed by atoms with Gasteiger partial charge < -0.3 is 10.4 Å². The number of thiazole rings is 1. The Balaban J connectivity index is 1.98. The zero-order valence-electron chi connectivity index (χ0n) is 13.0. The first kappa shape index (κ1) is 17.1. The Kier molecular flexibility index (Phi) is 5.81. The topological polar surface area (TPSA) is 92.2 Å². The molecule has 0 radical (unpaired) electrons. The van der Waals surface area contributed by atoms with Crippen molar-refractivity contribution in [1.82, 2.24) is 15.3 Å². The Hall–Kier alpha value is -2.28.